The minimum absolute atomic E-state index is 0.197. The Morgan fingerprint density at radius 3 is 2.41 bits per heavy atom. The molecule has 2 aromatic carbocycles. The molecule has 3 aromatic rings. The summed E-state index contributed by atoms with van der Waals surface area (Å²) in [5.41, 5.74) is -0.0128. The van der Waals surface area contributed by atoms with E-state index in [1.807, 2.05) is 30.5 Å². The highest BCUT2D eigenvalue weighted by molar-refractivity contribution is 7.88. The van der Waals surface area contributed by atoms with E-state index in [0.717, 1.165) is 59.6 Å². The number of imidazole rings is 1. The van der Waals surface area contributed by atoms with Crippen LogP contribution in [0, 0.1) is 11.3 Å². The summed E-state index contributed by atoms with van der Waals surface area (Å²) in [6.45, 7) is 5.42. The van der Waals surface area contributed by atoms with Crippen LogP contribution >= 0.6 is 0 Å². The molecule has 1 saturated carbocycles. The second-order valence-electron chi connectivity index (χ2n) is 11.2. The summed E-state index contributed by atoms with van der Waals surface area (Å²) in [6.07, 6.45) is 5.27. The van der Waals surface area contributed by atoms with Crippen LogP contribution in [-0.4, -0.2) is 30.4 Å². The predicted octanol–water partition coefficient (Wildman–Crippen LogP) is 6.08. The zero-order valence-electron chi connectivity index (χ0n) is 20.5. The Morgan fingerprint density at radius 1 is 1.05 bits per heavy atom. The first-order valence-electron chi connectivity index (χ1n) is 12.5. The molecule has 2 fully saturated rings. The molecule has 0 bridgehead atoms. The fourth-order valence-corrected chi connectivity index (χ4v) is 6.50. The lowest BCUT2D eigenvalue weighted by atomic mass is 9.73. The highest BCUT2D eigenvalue weighted by Gasteiger charge is 2.50. The number of alkyl halides is 3. The third kappa shape index (κ3) is 4.24. The average Bonchev–Trinajstić information content (AvgIpc) is 3.49. The van der Waals surface area contributed by atoms with E-state index < -0.39 is 15.6 Å². The van der Waals surface area contributed by atoms with E-state index in [4.69, 9.17) is 0 Å². The van der Waals surface area contributed by atoms with Crippen molar-refractivity contribution in [2.24, 2.45) is 11.3 Å². The van der Waals surface area contributed by atoms with Crippen molar-refractivity contribution in [2.45, 2.75) is 57.0 Å². The Bertz CT molecular complexity index is 1460. The largest absolute Gasteiger partial charge is 0.534 e. The van der Waals surface area contributed by atoms with E-state index >= 15 is 0 Å². The zero-order valence-corrected chi connectivity index (χ0v) is 21.3. The summed E-state index contributed by atoms with van der Waals surface area (Å²) in [5, 5.41) is 3.52. The van der Waals surface area contributed by atoms with Gasteiger partial charge in [-0.25, -0.2) is 4.98 Å². The maximum Gasteiger partial charge on any atom is 0.534 e. The van der Waals surface area contributed by atoms with Gasteiger partial charge in [0.1, 0.15) is 11.6 Å². The van der Waals surface area contributed by atoms with E-state index in [9.17, 15) is 21.6 Å². The minimum atomic E-state index is -5.73. The number of nitrogens with zero attached hydrogens (tertiary/aromatic N) is 1. The van der Waals surface area contributed by atoms with Crippen LogP contribution in [0.2, 0.25) is 0 Å². The first-order chi connectivity index (χ1) is 17.4. The molecule has 1 saturated heterocycles. The quantitative estimate of drug-likeness (QED) is 0.308. The molecule has 2 N–H and O–H groups in total. The van der Waals surface area contributed by atoms with Crippen LogP contribution in [-0.2, 0) is 16.5 Å². The molecule has 2 aliphatic carbocycles. The normalized spacial score (nSPS) is 24.4. The van der Waals surface area contributed by atoms with E-state index in [1.54, 1.807) is 6.07 Å². The number of benzene rings is 2. The zero-order chi connectivity index (χ0) is 26.2. The minimum Gasteiger partial charge on any atom is -0.376 e. The van der Waals surface area contributed by atoms with Gasteiger partial charge in [-0.3, -0.25) is 0 Å². The van der Waals surface area contributed by atoms with Crippen LogP contribution in [0.1, 0.15) is 62.0 Å². The van der Waals surface area contributed by atoms with Crippen molar-refractivity contribution in [1.29, 1.82) is 0 Å². The van der Waals surface area contributed by atoms with Gasteiger partial charge in [0.05, 0.1) is 17.9 Å². The molecule has 3 aliphatic rings. The smallest absolute Gasteiger partial charge is 0.376 e. The maximum atomic E-state index is 13.0. The van der Waals surface area contributed by atoms with Gasteiger partial charge in [-0.2, -0.15) is 21.6 Å². The molecule has 3 atom stereocenters. The van der Waals surface area contributed by atoms with Crippen molar-refractivity contribution in [3.63, 3.8) is 0 Å². The monoisotopic (exact) mass is 531 g/mol. The summed E-state index contributed by atoms with van der Waals surface area (Å²) in [4.78, 5) is 8.02. The molecular formula is C27H28F3N3O3S. The number of fused-ring (bicyclic) bond motifs is 3. The molecule has 6 rings (SSSR count). The van der Waals surface area contributed by atoms with Gasteiger partial charge >= 0.3 is 15.6 Å². The predicted molar refractivity (Wildman–Crippen MR) is 133 cm³/mol. The molecule has 1 aromatic heterocycles. The first kappa shape index (κ1) is 24.5. The van der Waals surface area contributed by atoms with Crippen molar-refractivity contribution < 1.29 is 25.8 Å². The van der Waals surface area contributed by atoms with Crippen molar-refractivity contribution in [2.75, 3.05) is 6.54 Å². The number of H-pyrrole nitrogens is 1. The maximum absolute atomic E-state index is 13.0. The standard InChI is InChI=1S/C27H28F3N3O3S/c1-26(2)12-21(32-14-26)25-31-13-22(33-25)16-5-3-15(4-6-16)18-9-10-23(36-37(34,35)27(28,29)30)20-11-17-7-8-19(17)24(18)20/h3-6,9-10,13,17,19,21,32H,7-8,11-12,14H2,1-2H3,(H,31,33). The van der Waals surface area contributed by atoms with E-state index in [0.29, 0.717) is 17.9 Å². The Labute approximate surface area is 213 Å². The topological polar surface area (TPSA) is 84.1 Å². The van der Waals surface area contributed by atoms with Gasteiger partial charge in [-0.1, -0.05) is 44.2 Å². The van der Waals surface area contributed by atoms with E-state index in [-0.39, 0.29) is 23.1 Å². The number of aromatic amines is 1. The van der Waals surface area contributed by atoms with Crippen LogP contribution in [0.25, 0.3) is 22.4 Å². The Balaban J connectivity index is 1.29. The highest BCUT2D eigenvalue weighted by atomic mass is 32.2. The van der Waals surface area contributed by atoms with Gasteiger partial charge in [0.2, 0.25) is 0 Å². The van der Waals surface area contributed by atoms with Crippen LogP contribution in [0.3, 0.4) is 0 Å². The molecule has 2 heterocycles. The fourth-order valence-electron chi connectivity index (χ4n) is 6.01. The van der Waals surface area contributed by atoms with Crippen LogP contribution in [0.5, 0.6) is 5.75 Å². The summed E-state index contributed by atoms with van der Waals surface area (Å²) in [5.74, 6) is 1.22. The Hall–Kier alpha value is -2.85. The molecule has 0 amide bonds. The molecule has 37 heavy (non-hydrogen) atoms. The molecule has 1 aliphatic heterocycles. The number of hydrogen-bond donors (Lipinski definition) is 2. The molecule has 10 heteroatoms. The van der Waals surface area contributed by atoms with E-state index in [2.05, 4.69) is 33.3 Å². The van der Waals surface area contributed by atoms with Gasteiger partial charge in [0, 0.05) is 12.1 Å². The summed E-state index contributed by atoms with van der Waals surface area (Å²) in [7, 11) is -5.73. The number of rotatable bonds is 5. The fraction of sp³-hybridized carbons (Fsp3) is 0.444. The van der Waals surface area contributed by atoms with Gasteiger partial charge < -0.3 is 14.5 Å². The van der Waals surface area contributed by atoms with Gasteiger partial charge in [0.15, 0.2) is 0 Å². The first-order valence-corrected chi connectivity index (χ1v) is 13.9. The highest BCUT2D eigenvalue weighted by Crippen LogP contribution is 2.56. The lowest BCUT2D eigenvalue weighted by molar-refractivity contribution is -0.0500. The Kier molecular flexibility index (Phi) is 5.51. The van der Waals surface area contributed by atoms with Gasteiger partial charge in [-0.05, 0) is 71.3 Å². The van der Waals surface area contributed by atoms with Crippen LogP contribution < -0.4 is 9.50 Å². The summed E-state index contributed by atoms with van der Waals surface area (Å²) in [6, 6.07) is 11.2. The molecule has 3 unspecified atom stereocenters. The molecule has 0 spiro atoms. The third-order valence-electron chi connectivity index (χ3n) is 8.07. The summed E-state index contributed by atoms with van der Waals surface area (Å²) >= 11 is 0. The number of nitrogens with one attached hydrogen (secondary N) is 2. The van der Waals surface area contributed by atoms with Crippen molar-refractivity contribution >= 4 is 10.1 Å². The lowest BCUT2D eigenvalue weighted by Crippen LogP contribution is -2.28. The third-order valence-corrected chi connectivity index (χ3v) is 9.03. The summed E-state index contributed by atoms with van der Waals surface area (Å²) < 4.78 is 66.8. The van der Waals surface area contributed by atoms with Crippen molar-refractivity contribution in [3.8, 4) is 28.1 Å². The second-order valence-corrected chi connectivity index (χ2v) is 12.7. The van der Waals surface area contributed by atoms with Crippen LogP contribution in [0.15, 0.2) is 42.6 Å². The SMILES string of the molecule is CC1(C)CNC(c2ncc(-c3ccc(-c4ccc(OS(=O)(=O)C(F)(F)F)c5c4C4CCC4C5)cc3)[nH]2)C1. The van der Waals surface area contributed by atoms with Gasteiger partial charge in [-0.15, -0.1) is 0 Å². The number of aromatic nitrogens is 2. The molecule has 6 nitrogen and oxygen atoms in total. The van der Waals surface area contributed by atoms with E-state index in [1.165, 1.54) is 6.07 Å². The molecule has 0 radical (unpaired) electrons. The van der Waals surface area contributed by atoms with Gasteiger partial charge in [0.25, 0.3) is 0 Å². The lowest BCUT2D eigenvalue weighted by Gasteiger charge is -2.31. The number of halogens is 3. The van der Waals surface area contributed by atoms with Crippen molar-refractivity contribution in [1.82, 2.24) is 15.3 Å². The number of hydrogen-bond acceptors (Lipinski definition) is 5. The Morgan fingerprint density at radius 2 is 1.78 bits per heavy atom. The van der Waals surface area contributed by atoms with Crippen molar-refractivity contribution in [3.05, 3.63) is 59.5 Å². The average molecular weight is 532 g/mol. The molecular weight excluding hydrogens is 503 g/mol. The second kappa shape index (κ2) is 8.33. The molecule has 196 valence electrons. The van der Waals surface area contributed by atoms with Crippen LogP contribution in [0.4, 0.5) is 13.2 Å².